The van der Waals surface area contributed by atoms with Gasteiger partial charge in [0.15, 0.2) is 0 Å². The van der Waals surface area contributed by atoms with E-state index in [0.717, 1.165) is 37.7 Å². The fraction of sp³-hybridized carbons (Fsp3) is 0.684. The molecule has 3 N–H and O–H groups in total. The molecule has 120 valence electrons. The van der Waals surface area contributed by atoms with E-state index in [1.165, 1.54) is 5.56 Å². The third kappa shape index (κ3) is 1.88. The summed E-state index contributed by atoms with van der Waals surface area (Å²) in [4.78, 5) is 0. The zero-order valence-electron chi connectivity index (χ0n) is 13.2. The lowest BCUT2D eigenvalue weighted by atomic mass is 9.54. The molecule has 0 saturated heterocycles. The van der Waals surface area contributed by atoms with Crippen LogP contribution in [0, 0.1) is 17.3 Å². The van der Waals surface area contributed by atoms with Crippen molar-refractivity contribution in [2.75, 3.05) is 6.61 Å². The summed E-state index contributed by atoms with van der Waals surface area (Å²) in [5.74, 6) is 2.08. The van der Waals surface area contributed by atoms with E-state index in [-0.39, 0.29) is 24.0 Å². The first-order valence-corrected chi connectivity index (χ1v) is 8.66. The predicted molar refractivity (Wildman–Crippen MR) is 84.9 cm³/mol. The quantitative estimate of drug-likeness (QED) is 0.747. The predicted octanol–water partition coefficient (Wildman–Crippen LogP) is 3.14. The molecule has 0 aromatic heterocycles. The van der Waals surface area contributed by atoms with Gasteiger partial charge in [0.2, 0.25) is 0 Å². The molecule has 1 aromatic rings. The van der Waals surface area contributed by atoms with Crippen molar-refractivity contribution in [2.45, 2.75) is 57.0 Å². The van der Waals surface area contributed by atoms with E-state index in [0.29, 0.717) is 23.5 Å². The Morgan fingerprint density at radius 1 is 1.18 bits per heavy atom. The van der Waals surface area contributed by atoms with Crippen LogP contribution in [0.15, 0.2) is 18.2 Å². The number of aromatic hydroxyl groups is 1. The number of hydrogen-bond acceptors (Lipinski definition) is 3. The van der Waals surface area contributed by atoms with Crippen LogP contribution in [0.4, 0.5) is 0 Å². The fourth-order valence-electron chi connectivity index (χ4n) is 5.86. The molecular formula is C19H26O3. The lowest BCUT2D eigenvalue weighted by molar-refractivity contribution is -0.0265. The van der Waals surface area contributed by atoms with Crippen molar-refractivity contribution in [2.24, 2.45) is 17.3 Å². The average Bonchev–Trinajstić information content (AvgIpc) is 2.82. The zero-order chi connectivity index (χ0) is 15.5. The van der Waals surface area contributed by atoms with Gasteiger partial charge >= 0.3 is 0 Å². The van der Waals surface area contributed by atoms with Crippen LogP contribution in [-0.4, -0.2) is 28.0 Å². The van der Waals surface area contributed by atoms with Crippen LogP contribution in [0.1, 0.15) is 62.0 Å². The van der Waals surface area contributed by atoms with Gasteiger partial charge < -0.3 is 15.3 Å². The molecule has 4 rings (SSSR count). The minimum atomic E-state index is -0.160. The van der Waals surface area contributed by atoms with Crippen molar-refractivity contribution in [1.29, 1.82) is 0 Å². The van der Waals surface area contributed by atoms with Crippen LogP contribution in [0.25, 0.3) is 0 Å². The summed E-state index contributed by atoms with van der Waals surface area (Å²) in [5, 5.41) is 30.1. The second kappa shape index (κ2) is 4.97. The van der Waals surface area contributed by atoms with E-state index in [2.05, 4.69) is 13.0 Å². The summed E-state index contributed by atoms with van der Waals surface area (Å²) in [6.45, 7) is 2.41. The van der Waals surface area contributed by atoms with E-state index in [1.54, 1.807) is 6.07 Å². The second-order valence-corrected chi connectivity index (χ2v) is 7.94. The maximum atomic E-state index is 10.4. The molecule has 1 unspecified atom stereocenters. The number of rotatable bonds is 1. The molecule has 0 spiro atoms. The molecule has 0 bridgehead atoms. The van der Waals surface area contributed by atoms with Crippen molar-refractivity contribution >= 4 is 0 Å². The number of benzene rings is 1. The Labute approximate surface area is 132 Å². The van der Waals surface area contributed by atoms with Gasteiger partial charge in [0.05, 0.1) is 6.10 Å². The van der Waals surface area contributed by atoms with Crippen molar-refractivity contribution in [1.82, 2.24) is 0 Å². The number of aliphatic hydroxyl groups excluding tert-OH is 2. The normalized spacial score (nSPS) is 43.3. The lowest BCUT2D eigenvalue weighted by Crippen LogP contribution is -2.44. The van der Waals surface area contributed by atoms with E-state index < -0.39 is 0 Å². The Morgan fingerprint density at radius 3 is 2.77 bits per heavy atom. The zero-order valence-corrected chi connectivity index (χ0v) is 13.2. The van der Waals surface area contributed by atoms with Gasteiger partial charge in [-0.1, -0.05) is 13.0 Å². The molecule has 0 aliphatic heterocycles. The van der Waals surface area contributed by atoms with Crippen LogP contribution in [0.2, 0.25) is 0 Å². The van der Waals surface area contributed by atoms with Crippen molar-refractivity contribution in [3.63, 3.8) is 0 Å². The SMILES string of the molecule is C[C@]12CC[C@@H]3c4ccc(O)cc4[C@@H](CO)C[C@H]3[C@@H]1CCC2O. The maximum Gasteiger partial charge on any atom is 0.115 e. The van der Waals surface area contributed by atoms with Crippen molar-refractivity contribution < 1.29 is 15.3 Å². The highest BCUT2D eigenvalue weighted by molar-refractivity contribution is 5.42. The molecule has 6 atom stereocenters. The molecule has 3 heteroatoms. The monoisotopic (exact) mass is 302 g/mol. The van der Waals surface area contributed by atoms with Gasteiger partial charge in [-0.3, -0.25) is 0 Å². The Balaban J connectivity index is 1.76. The summed E-state index contributed by atoms with van der Waals surface area (Å²) in [6.07, 6.45) is 5.08. The topological polar surface area (TPSA) is 60.7 Å². The van der Waals surface area contributed by atoms with Gasteiger partial charge in [-0.15, -0.1) is 0 Å². The first kappa shape index (κ1) is 14.5. The lowest BCUT2D eigenvalue weighted by Gasteiger charge is -2.51. The number of phenols is 1. The van der Waals surface area contributed by atoms with Gasteiger partial charge in [-0.05, 0) is 78.5 Å². The molecule has 2 fully saturated rings. The number of hydrogen-bond donors (Lipinski definition) is 3. The highest BCUT2D eigenvalue weighted by Gasteiger charge is 2.55. The highest BCUT2D eigenvalue weighted by Crippen LogP contribution is 2.62. The van der Waals surface area contributed by atoms with Crippen molar-refractivity contribution in [3.8, 4) is 5.75 Å². The summed E-state index contributed by atoms with van der Waals surface area (Å²) >= 11 is 0. The van der Waals surface area contributed by atoms with E-state index in [1.807, 2.05) is 6.07 Å². The molecular weight excluding hydrogens is 276 g/mol. The van der Waals surface area contributed by atoms with Crippen LogP contribution < -0.4 is 0 Å². The van der Waals surface area contributed by atoms with E-state index >= 15 is 0 Å². The fourth-order valence-corrected chi connectivity index (χ4v) is 5.86. The first-order valence-electron chi connectivity index (χ1n) is 8.66. The minimum Gasteiger partial charge on any atom is -0.508 e. The number of fused-ring (bicyclic) bond motifs is 5. The number of phenolic OH excluding ortho intramolecular Hbond substituents is 1. The third-order valence-electron chi connectivity index (χ3n) is 7.07. The minimum absolute atomic E-state index is 0.0651. The largest absolute Gasteiger partial charge is 0.508 e. The molecule has 3 aliphatic rings. The maximum absolute atomic E-state index is 10.4. The van der Waals surface area contributed by atoms with Gasteiger partial charge in [-0.2, -0.15) is 0 Å². The van der Waals surface area contributed by atoms with Gasteiger partial charge in [0.25, 0.3) is 0 Å². The van der Waals surface area contributed by atoms with Crippen LogP contribution in [0.3, 0.4) is 0 Å². The molecule has 2 saturated carbocycles. The standard InChI is InChI=1S/C19H26O3/c1-19-7-6-14-13-3-2-12(21)9-15(13)11(10-20)8-16(14)17(19)4-5-18(19)22/h2-3,9,11,14,16-18,20-22H,4-8,10H2,1H3/t11-,14-,16-,17+,18?,19+/m1/s1. The molecule has 22 heavy (non-hydrogen) atoms. The van der Waals surface area contributed by atoms with Gasteiger partial charge in [-0.25, -0.2) is 0 Å². The van der Waals surface area contributed by atoms with Crippen LogP contribution in [0.5, 0.6) is 5.75 Å². The Bertz CT molecular complexity index is 584. The van der Waals surface area contributed by atoms with E-state index in [9.17, 15) is 15.3 Å². The summed E-state index contributed by atoms with van der Waals surface area (Å²) in [6, 6.07) is 5.70. The Hall–Kier alpha value is -1.06. The molecule has 0 heterocycles. The molecule has 0 radical (unpaired) electrons. The molecule has 3 nitrogen and oxygen atoms in total. The van der Waals surface area contributed by atoms with Crippen molar-refractivity contribution in [3.05, 3.63) is 29.3 Å². The van der Waals surface area contributed by atoms with Crippen LogP contribution >= 0.6 is 0 Å². The van der Waals surface area contributed by atoms with E-state index in [4.69, 9.17) is 0 Å². The highest BCUT2D eigenvalue weighted by atomic mass is 16.3. The van der Waals surface area contributed by atoms with Crippen LogP contribution in [-0.2, 0) is 0 Å². The van der Waals surface area contributed by atoms with Gasteiger partial charge in [0, 0.05) is 12.5 Å². The second-order valence-electron chi connectivity index (χ2n) is 7.94. The average molecular weight is 302 g/mol. The summed E-state index contributed by atoms with van der Waals surface area (Å²) in [7, 11) is 0. The molecule has 0 amide bonds. The Kier molecular flexibility index (Phi) is 3.28. The number of aliphatic hydroxyl groups is 2. The van der Waals surface area contributed by atoms with Gasteiger partial charge in [0.1, 0.15) is 5.75 Å². The third-order valence-corrected chi connectivity index (χ3v) is 7.07. The Morgan fingerprint density at radius 2 is 2.00 bits per heavy atom. The smallest absolute Gasteiger partial charge is 0.115 e. The summed E-state index contributed by atoms with van der Waals surface area (Å²) < 4.78 is 0. The molecule has 3 aliphatic carbocycles. The first-order chi connectivity index (χ1) is 10.5. The molecule has 1 aromatic carbocycles. The summed E-state index contributed by atoms with van der Waals surface area (Å²) in [5.41, 5.74) is 2.54.